The minimum atomic E-state index is -4.54. The Balaban J connectivity index is 1.92. The molecule has 1 heterocycles. The Morgan fingerprint density at radius 3 is 2.17 bits per heavy atom. The van der Waals surface area contributed by atoms with Crippen molar-refractivity contribution in [3.05, 3.63) is 35.4 Å². The topological polar surface area (TPSA) is 63.0 Å². The van der Waals surface area contributed by atoms with Gasteiger partial charge in [-0.1, -0.05) is 24.3 Å². The van der Waals surface area contributed by atoms with E-state index >= 15 is 0 Å². The highest BCUT2D eigenvalue weighted by atomic mass is 19.4. The van der Waals surface area contributed by atoms with Crippen LogP contribution in [0.15, 0.2) is 34.5 Å². The van der Waals surface area contributed by atoms with Crippen molar-refractivity contribution in [2.45, 2.75) is 57.8 Å². The molecule has 1 atom stereocenters. The highest BCUT2D eigenvalue weighted by molar-refractivity contribution is 5.80. The smallest absolute Gasteiger partial charge is 0.363 e. The molecule has 0 unspecified atom stereocenters. The second-order valence-electron chi connectivity index (χ2n) is 6.66. The maximum atomic E-state index is 12.9. The summed E-state index contributed by atoms with van der Waals surface area (Å²) in [5.74, 6) is -0.284. The molecule has 5 nitrogen and oxygen atoms in total. The van der Waals surface area contributed by atoms with Gasteiger partial charge in [0.15, 0.2) is 0 Å². The fourth-order valence-electron chi connectivity index (χ4n) is 2.21. The fourth-order valence-corrected chi connectivity index (χ4v) is 2.21. The van der Waals surface area contributed by atoms with E-state index in [1.54, 1.807) is 6.92 Å². The molecule has 0 spiro atoms. The average Bonchev–Trinajstić information content (AvgIpc) is 3.24. The number of nitrogens with one attached hydrogen (secondary N) is 1. The number of alkyl halides is 3. The first-order chi connectivity index (χ1) is 10.9. The molecule has 1 aromatic rings. The van der Waals surface area contributed by atoms with Crippen molar-refractivity contribution in [2.24, 2.45) is 10.2 Å². The van der Waals surface area contributed by atoms with Crippen LogP contribution in [0, 0.1) is 0 Å². The van der Waals surface area contributed by atoms with Crippen LogP contribution in [-0.4, -0.2) is 23.8 Å². The van der Waals surface area contributed by atoms with Gasteiger partial charge < -0.3 is 10.1 Å². The molecule has 1 aliphatic heterocycles. The number of rotatable bonds is 5. The lowest BCUT2D eigenvalue weighted by atomic mass is 10.0. The lowest BCUT2D eigenvalue weighted by molar-refractivity contribution is -0.166. The van der Waals surface area contributed by atoms with Gasteiger partial charge in [-0.3, -0.25) is 4.79 Å². The summed E-state index contributed by atoms with van der Waals surface area (Å²) in [5.41, 5.74) is -2.21. The molecule has 2 rings (SSSR count). The first-order valence-corrected chi connectivity index (χ1v) is 7.50. The summed E-state index contributed by atoms with van der Waals surface area (Å²) in [6, 6.07) is 5.68. The lowest BCUT2D eigenvalue weighted by Gasteiger charge is -2.24. The van der Waals surface area contributed by atoms with Gasteiger partial charge in [0.2, 0.25) is 5.91 Å². The Morgan fingerprint density at radius 2 is 1.75 bits per heavy atom. The normalized spacial score (nSPS) is 17.5. The quantitative estimate of drug-likeness (QED) is 0.886. The average molecular weight is 343 g/mol. The van der Waals surface area contributed by atoms with Gasteiger partial charge in [0, 0.05) is 12.1 Å². The summed E-state index contributed by atoms with van der Waals surface area (Å²) < 4.78 is 44.2. The van der Waals surface area contributed by atoms with E-state index in [-0.39, 0.29) is 18.0 Å². The van der Waals surface area contributed by atoms with Crippen LogP contribution in [0.1, 0.15) is 38.8 Å². The van der Waals surface area contributed by atoms with Crippen LogP contribution >= 0.6 is 0 Å². The van der Waals surface area contributed by atoms with Gasteiger partial charge in [-0.25, -0.2) is 0 Å². The number of benzene rings is 1. The van der Waals surface area contributed by atoms with Crippen molar-refractivity contribution < 1.29 is 22.7 Å². The number of carbonyl (C=O) groups excluding carboxylic acids is 1. The summed E-state index contributed by atoms with van der Waals surface area (Å²) in [7, 11) is 0. The number of ether oxygens (including phenoxy) is 1. The molecule has 0 saturated heterocycles. The van der Waals surface area contributed by atoms with Gasteiger partial charge in [0.25, 0.3) is 0 Å². The molecular weight excluding hydrogens is 323 g/mol. The van der Waals surface area contributed by atoms with Crippen LogP contribution < -0.4 is 5.32 Å². The Bertz CT molecular complexity index is 627. The summed E-state index contributed by atoms with van der Waals surface area (Å²) in [6.45, 7) is 7.39. The molecule has 1 aliphatic rings. The van der Waals surface area contributed by atoms with Crippen molar-refractivity contribution in [3.8, 4) is 0 Å². The number of hydrogen-bond acceptors (Lipinski definition) is 4. The molecule has 132 valence electrons. The molecule has 0 aliphatic carbocycles. The van der Waals surface area contributed by atoms with Crippen LogP contribution in [0.3, 0.4) is 0 Å². The second kappa shape index (κ2) is 6.16. The van der Waals surface area contributed by atoms with E-state index in [9.17, 15) is 18.0 Å². The molecule has 1 N–H and O–H groups in total. The summed E-state index contributed by atoms with van der Waals surface area (Å²) in [4.78, 5) is 11.9. The van der Waals surface area contributed by atoms with Gasteiger partial charge in [-0.15, -0.1) is 10.2 Å². The van der Waals surface area contributed by atoms with Crippen LogP contribution in [0.2, 0.25) is 0 Å². The molecule has 0 saturated carbocycles. The predicted octanol–water partition coefficient (Wildman–Crippen LogP) is 3.69. The van der Waals surface area contributed by atoms with Crippen LogP contribution in [0.4, 0.5) is 13.2 Å². The largest absolute Gasteiger partial charge is 0.442 e. The number of hydrogen-bond donors (Lipinski definition) is 1. The van der Waals surface area contributed by atoms with Crippen molar-refractivity contribution in [2.75, 3.05) is 0 Å². The molecule has 0 fully saturated rings. The van der Waals surface area contributed by atoms with Crippen molar-refractivity contribution in [1.82, 2.24) is 5.32 Å². The highest BCUT2D eigenvalue weighted by Crippen LogP contribution is 2.52. The summed E-state index contributed by atoms with van der Waals surface area (Å²) >= 11 is 0. The molecular formula is C16H20F3N3O2. The molecule has 0 radical (unpaired) electrons. The van der Waals surface area contributed by atoms with Gasteiger partial charge in [-0.2, -0.15) is 13.2 Å². The monoisotopic (exact) mass is 343 g/mol. The minimum absolute atomic E-state index is 0.0329. The Labute approximate surface area is 138 Å². The highest BCUT2D eigenvalue weighted by Gasteiger charge is 2.65. The van der Waals surface area contributed by atoms with Gasteiger partial charge in [-0.05, 0) is 33.3 Å². The molecule has 0 aromatic heterocycles. The molecule has 1 aromatic carbocycles. The van der Waals surface area contributed by atoms with E-state index in [4.69, 9.17) is 4.74 Å². The lowest BCUT2D eigenvalue weighted by Crippen LogP contribution is -2.38. The zero-order valence-corrected chi connectivity index (χ0v) is 13.9. The third-order valence-electron chi connectivity index (χ3n) is 3.42. The maximum absolute atomic E-state index is 12.9. The van der Waals surface area contributed by atoms with E-state index in [1.807, 2.05) is 20.8 Å². The third-order valence-corrected chi connectivity index (χ3v) is 3.42. The van der Waals surface area contributed by atoms with E-state index < -0.39 is 23.5 Å². The molecule has 8 heteroatoms. The van der Waals surface area contributed by atoms with Crippen LogP contribution in [-0.2, 0) is 21.7 Å². The van der Waals surface area contributed by atoms with Crippen molar-refractivity contribution in [3.63, 3.8) is 0 Å². The SMILES string of the molecule is C[C@H](OC(C)(C)C)C(=O)NCc1ccc(C2(C(F)(F)F)N=N2)cc1. The van der Waals surface area contributed by atoms with Gasteiger partial charge in [0.1, 0.15) is 6.10 Å². The van der Waals surface area contributed by atoms with Crippen LogP contribution in [0.5, 0.6) is 0 Å². The van der Waals surface area contributed by atoms with E-state index in [0.29, 0.717) is 5.56 Å². The van der Waals surface area contributed by atoms with Gasteiger partial charge >= 0.3 is 11.8 Å². The Hall–Kier alpha value is -1.96. The Kier molecular flexibility index (Phi) is 4.72. The first kappa shape index (κ1) is 18.4. The Morgan fingerprint density at radius 1 is 1.21 bits per heavy atom. The maximum Gasteiger partial charge on any atom is 0.442 e. The molecule has 0 bridgehead atoms. The number of nitrogens with zero attached hydrogens (tertiary/aromatic N) is 2. The van der Waals surface area contributed by atoms with Crippen molar-refractivity contribution >= 4 is 5.91 Å². The van der Waals surface area contributed by atoms with E-state index in [2.05, 4.69) is 15.5 Å². The van der Waals surface area contributed by atoms with E-state index in [0.717, 1.165) is 0 Å². The zero-order valence-electron chi connectivity index (χ0n) is 13.9. The predicted molar refractivity (Wildman–Crippen MR) is 81.2 cm³/mol. The number of carbonyl (C=O) groups is 1. The van der Waals surface area contributed by atoms with E-state index in [1.165, 1.54) is 24.3 Å². The summed E-state index contributed by atoms with van der Waals surface area (Å²) in [6.07, 6.45) is -5.16. The second-order valence-corrected chi connectivity index (χ2v) is 6.66. The number of amides is 1. The molecule has 1 amide bonds. The zero-order chi connectivity index (χ0) is 18.2. The van der Waals surface area contributed by atoms with Crippen molar-refractivity contribution in [1.29, 1.82) is 0 Å². The standard InChI is InChI=1S/C16H20F3N3O2/c1-10(24-14(2,3)4)13(23)20-9-11-5-7-12(8-6-11)15(21-22-15)16(17,18)19/h5-8,10H,9H2,1-4H3,(H,20,23)/t10-/m0/s1. The summed E-state index contributed by atoms with van der Waals surface area (Å²) in [5, 5.41) is 8.99. The first-order valence-electron chi connectivity index (χ1n) is 7.50. The number of halogens is 3. The minimum Gasteiger partial charge on any atom is -0.363 e. The van der Waals surface area contributed by atoms with Crippen LogP contribution in [0.25, 0.3) is 0 Å². The molecule has 24 heavy (non-hydrogen) atoms. The fraction of sp³-hybridized carbons (Fsp3) is 0.562. The van der Waals surface area contributed by atoms with Gasteiger partial charge in [0.05, 0.1) is 5.60 Å². The third kappa shape index (κ3) is 4.11.